The van der Waals surface area contributed by atoms with Crippen molar-refractivity contribution >= 4 is 11.8 Å². The summed E-state index contributed by atoms with van der Waals surface area (Å²) in [4.78, 5) is 11.7. The maximum atomic E-state index is 5.43. The van der Waals surface area contributed by atoms with Crippen LogP contribution in [0.25, 0.3) is 0 Å². The molecule has 1 aliphatic rings. The number of para-hydroxylation sites is 1. The number of nitrogens with one attached hydrogen (secondary N) is 1. The van der Waals surface area contributed by atoms with Crippen molar-refractivity contribution < 1.29 is 4.74 Å². The Morgan fingerprint density at radius 1 is 1.04 bits per heavy atom. The van der Waals surface area contributed by atoms with Gasteiger partial charge in [0.15, 0.2) is 0 Å². The third-order valence-corrected chi connectivity index (χ3v) is 5.15. The van der Waals surface area contributed by atoms with Crippen LogP contribution in [0.3, 0.4) is 0 Å². The highest BCUT2D eigenvalue weighted by Crippen LogP contribution is 2.23. The van der Waals surface area contributed by atoms with Crippen LogP contribution in [0.4, 0.5) is 11.8 Å². The van der Waals surface area contributed by atoms with Gasteiger partial charge in [-0.15, -0.1) is 0 Å². The third kappa shape index (κ3) is 4.09. The standard InChI is InChI=1S/C23H26N4O/c1-17-15-22(24-13-11-19-8-5-6-10-21(19)28-2)26-23(25-17)27-14-12-18-7-3-4-9-20(18)16-27/h3-10,15H,11-14,16H2,1-2H3,(H,24,25,26). The molecular formula is C23H26N4O. The van der Waals surface area contributed by atoms with Crippen LogP contribution in [0.15, 0.2) is 54.6 Å². The molecule has 0 aliphatic carbocycles. The molecule has 0 saturated heterocycles. The van der Waals surface area contributed by atoms with Crippen LogP contribution < -0.4 is 15.0 Å². The lowest BCUT2D eigenvalue weighted by molar-refractivity contribution is 0.410. The van der Waals surface area contributed by atoms with E-state index in [9.17, 15) is 0 Å². The molecule has 0 fully saturated rings. The average molecular weight is 374 g/mol. The zero-order valence-electron chi connectivity index (χ0n) is 16.5. The van der Waals surface area contributed by atoms with Crippen LogP contribution in [-0.2, 0) is 19.4 Å². The molecule has 1 aliphatic heterocycles. The van der Waals surface area contributed by atoms with Crippen molar-refractivity contribution in [2.75, 3.05) is 30.4 Å². The lowest BCUT2D eigenvalue weighted by Gasteiger charge is -2.29. The molecule has 1 aromatic heterocycles. The summed E-state index contributed by atoms with van der Waals surface area (Å²) in [6.45, 7) is 4.62. The van der Waals surface area contributed by atoms with Crippen molar-refractivity contribution in [2.45, 2.75) is 26.3 Å². The Labute approximate surface area is 166 Å². The van der Waals surface area contributed by atoms with Crippen LogP contribution in [0.5, 0.6) is 5.75 Å². The first-order valence-corrected chi connectivity index (χ1v) is 9.76. The number of benzene rings is 2. The Morgan fingerprint density at radius 2 is 1.82 bits per heavy atom. The van der Waals surface area contributed by atoms with E-state index in [2.05, 4.69) is 45.5 Å². The molecule has 5 nitrogen and oxygen atoms in total. The van der Waals surface area contributed by atoms with Gasteiger partial charge in [-0.1, -0.05) is 42.5 Å². The summed E-state index contributed by atoms with van der Waals surface area (Å²) in [7, 11) is 1.71. The van der Waals surface area contributed by atoms with Gasteiger partial charge in [-0.2, -0.15) is 4.98 Å². The quantitative estimate of drug-likeness (QED) is 0.706. The Kier molecular flexibility index (Phi) is 5.42. The largest absolute Gasteiger partial charge is 0.496 e. The SMILES string of the molecule is COc1ccccc1CCNc1cc(C)nc(N2CCc3ccccc3C2)n1. The molecule has 0 amide bonds. The normalized spacial score (nSPS) is 13.1. The van der Waals surface area contributed by atoms with Crippen LogP contribution >= 0.6 is 0 Å². The predicted octanol–water partition coefficient (Wildman–Crippen LogP) is 4.01. The van der Waals surface area contributed by atoms with Crippen LogP contribution in [0, 0.1) is 6.92 Å². The monoisotopic (exact) mass is 374 g/mol. The molecule has 144 valence electrons. The van der Waals surface area contributed by atoms with Gasteiger partial charge >= 0.3 is 0 Å². The molecule has 28 heavy (non-hydrogen) atoms. The first-order chi connectivity index (χ1) is 13.7. The average Bonchev–Trinajstić information content (AvgIpc) is 2.73. The number of hydrogen-bond acceptors (Lipinski definition) is 5. The van der Waals surface area contributed by atoms with E-state index in [0.29, 0.717) is 0 Å². The molecule has 0 bridgehead atoms. The second-order valence-electron chi connectivity index (χ2n) is 7.12. The second-order valence-corrected chi connectivity index (χ2v) is 7.12. The minimum Gasteiger partial charge on any atom is -0.496 e. The summed E-state index contributed by atoms with van der Waals surface area (Å²) in [6.07, 6.45) is 1.91. The van der Waals surface area contributed by atoms with Crippen molar-refractivity contribution in [3.05, 3.63) is 77.0 Å². The zero-order valence-corrected chi connectivity index (χ0v) is 16.5. The molecule has 3 aromatic rings. The fourth-order valence-corrected chi connectivity index (χ4v) is 3.69. The van der Waals surface area contributed by atoms with Gasteiger partial charge in [0.2, 0.25) is 5.95 Å². The summed E-state index contributed by atoms with van der Waals surface area (Å²) >= 11 is 0. The number of aromatic nitrogens is 2. The zero-order chi connectivity index (χ0) is 19.3. The van der Waals surface area contributed by atoms with Crippen LogP contribution in [0.1, 0.15) is 22.4 Å². The summed E-state index contributed by atoms with van der Waals surface area (Å²) in [5.74, 6) is 2.60. The first-order valence-electron chi connectivity index (χ1n) is 9.76. The lowest BCUT2D eigenvalue weighted by Crippen LogP contribution is -2.32. The number of aryl methyl sites for hydroxylation is 1. The summed E-state index contributed by atoms with van der Waals surface area (Å²) in [5, 5.41) is 3.45. The topological polar surface area (TPSA) is 50.3 Å². The highest BCUT2D eigenvalue weighted by atomic mass is 16.5. The summed E-state index contributed by atoms with van der Waals surface area (Å²) < 4.78 is 5.43. The van der Waals surface area contributed by atoms with E-state index < -0.39 is 0 Å². The Morgan fingerprint density at radius 3 is 2.68 bits per heavy atom. The molecule has 0 saturated carbocycles. The van der Waals surface area contributed by atoms with Crippen molar-refractivity contribution in [2.24, 2.45) is 0 Å². The smallest absolute Gasteiger partial charge is 0.227 e. The molecule has 0 atom stereocenters. The Hall–Kier alpha value is -3.08. The van der Waals surface area contributed by atoms with Gasteiger partial charge in [-0.05, 0) is 42.5 Å². The minimum absolute atomic E-state index is 0.791. The van der Waals surface area contributed by atoms with Crippen LogP contribution in [-0.4, -0.2) is 30.2 Å². The maximum absolute atomic E-state index is 5.43. The first kappa shape index (κ1) is 18.3. The lowest BCUT2D eigenvalue weighted by atomic mass is 10.0. The number of nitrogens with zero attached hydrogens (tertiary/aromatic N) is 3. The number of hydrogen-bond donors (Lipinski definition) is 1. The van der Waals surface area contributed by atoms with Gasteiger partial charge in [0.25, 0.3) is 0 Å². The van der Waals surface area contributed by atoms with E-state index in [1.807, 2.05) is 31.2 Å². The van der Waals surface area contributed by atoms with E-state index in [-0.39, 0.29) is 0 Å². The highest BCUT2D eigenvalue weighted by Gasteiger charge is 2.18. The van der Waals surface area contributed by atoms with E-state index >= 15 is 0 Å². The van der Waals surface area contributed by atoms with Gasteiger partial charge in [0.1, 0.15) is 11.6 Å². The predicted molar refractivity (Wildman–Crippen MR) is 113 cm³/mol. The molecule has 2 heterocycles. The van der Waals surface area contributed by atoms with E-state index in [0.717, 1.165) is 55.7 Å². The maximum Gasteiger partial charge on any atom is 0.227 e. The molecule has 2 aromatic carbocycles. The molecule has 4 rings (SSSR count). The summed E-state index contributed by atoms with van der Waals surface area (Å²) in [5.41, 5.74) is 4.96. The molecule has 1 N–H and O–H groups in total. The molecule has 0 unspecified atom stereocenters. The van der Waals surface area contributed by atoms with Crippen LogP contribution in [0.2, 0.25) is 0 Å². The molecular weight excluding hydrogens is 348 g/mol. The summed E-state index contributed by atoms with van der Waals surface area (Å²) in [6, 6.07) is 18.8. The molecule has 0 spiro atoms. The fraction of sp³-hybridized carbons (Fsp3) is 0.304. The highest BCUT2D eigenvalue weighted by molar-refractivity contribution is 5.46. The number of anilines is 2. The fourth-order valence-electron chi connectivity index (χ4n) is 3.69. The number of methoxy groups -OCH3 is 1. The second kappa shape index (κ2) is 8.30. The van der Waals surface area contributed by atoms with Crippen molar-refractivity contribution in [1.82, 2.24) is 9.97 Å². The number of ether oxygens (including phenoxy) is 1. The molecule has 5 heteroatoms. The minimum atomic E-state index is 0.791. The third-order valence-electron chi connectivity index (χ3n) is 5.15. The number of rotatable bonds is 6. The van der Waals surface area contributed by atoms with Crippen molar-refractivity contribution in [3.8, 4) is 5.75 Å². The Balaban J connectivity index is 1.44. The van der Waals surface area contributed by atoms with E-state index in [1.54, 1.807) is 7.11 Å². The van der Waals surface area contributed by atoms with Gasteiger partial charge in [0, 0.05) is 31.4 Å². The van der Waals surface area contributed by atoms with Crippen molar-refractivity contribution in [3.63, 3.8) is 0 Å². The molecule has 0 radical (unpaired) electrons. The van der Waals surface area contributed by atoms with Gasteiger partial charge < -0.3 is 15.0 Å². The van der Waals surface area contributed by atoms with Gasteiger partial charge in [-0.25, -0.2) is 4.98 Å². The van der Waals surface area contributed by atoms with Gasteiger partial charge in [0.05, 0.1) is 7.11 Å². The van der Waals surface area contributed by atoms with E-state index in [4.69, 9.17) is 9.72 Å². The van der Waals surface area contributed by atoms with Crippen molar-refractivity contribution in [1.29, 1.82) is 0 Å². The van der Waals surface area contributed by atoms with Gasteiger partial charge in [-0.3, -0.25) is 0 Å². The van der Waals surface area contributed by atoms with E-state index in [1.165, 1.54) is 16.7 Å². The number of fused-ring (bicyclic) bond motifs is 1. The Bertz CT molecular complexity index is 957.